The fourth-order valence-electron chi connectivity index (χ4n) is 2.92. The predicted molar refractivity (Wildman–Crippen MR) is 108 cm³/mol. The molecule has 0 radical (unpaired) electrons. The second-order valence-corrected chi connectivity index (χ2v) is 6.49. The average molecular weight is 371 g/mol. The Labute approximate surface area is 162 Å². The lowest BCUT2D eigenvalue weighted by atomic mass is 10.1. The number of hydrogen-bond acceptors (Lipinski definition) is 2. The molecule has 1 aromatic heterocycles. The summed E-state index contributed by atoms with van der Waals surface area (Å²) in [6.07, 6.45) is 0. The molecule has 1 heterocycles. The molecule has 0 unspecified atom stereocenters. The van der Waals surface area contributed by atoms with Crippen LogP contribution in [0, 0.1) is 12.7 Å². The van der Waals surface area contributed by atoms with Gasteiger partial charge in [-0.2, -0.15) is 5.10 Å². The highest BCUT2D eigenvalue weighted by Gasteiger charge is 2.17. The van der Waals surface area contributed by atoms with Crippen molar-refractivity contribution in [3.63, 3.8) is 0 Å². The quantitative estimate of drug-likeness (QED) is 0.533. The van der Waals surface area contributed by atoms with Crippen LogP contribution in [0.3, 0.4) is 0 Å². The van der Waals surface area contributed by atoms with Gasteiger partial charge in [0.15, 0.2) is 5.69 Å². The summed E-state index contributed by atoms with van der Waals surface area (Å²) in [6, 6.07) is 25.1. The van der Waals surface area contributed by atoms with Gasteiger partial charge in [-0.1, -0.05) is 48.0 Å². The topological polar surface area (TPSA) is 46.9 Å². The van der Waals surface area contributed by atoms with Gasteiger partial charge in [-0.05, 0) is 49.4 Å². The second kappa shape index (κ2) is 7.48. The second-order valence-electron chi connectivity index (χ2n) is 6.49. The van der Waals surface area contributed by atoms with Gasteiger partial charge in [-0.25, -0.2) is 9.07 Å². The number of hydrogen-bond donors (Lipinski definition) is 1. The van der Waals surface area contributed by atoms with E-state index in [0.29, 0.717) is 5.69 Å². The van der Waals surface area contributed by atoms with E-state index < -0.39 is 0 Å². The van der Waals surface area contributed by atoms with Crippen molar-refractivity contribution in [2.24, 2.45) is 0 Å². The van der Waals surface area contributed by atoms with Crippen molar-refractivity contribution in [3.05, 3.63) is 102 Å². The minimum Gasteiger partial charge on any atom is -0.321 e. The molecule has 3 aromatic carbocycles. The number of amides is 1. The third-order valence-electron chi connectivity index (χ3n) is 4.39. The molecule has 0 saturated carbocycles. The Balaban J connectivity index is 1.73. The molecule has 0 aliphatic carbocycles. The molecule has 0 atom stereocenters. The van der Waals surface area contributed by atoms with Crippen LogP contribution in [0.4, 0.5) is 10.1 Å². The molecule has 28 heavy (non-hydrogen) atoms. The van der Waals surface area contributed by atoms with Crippen molar-refractivity contribution in [2.75, 3.05) is 5.32 Å². The van der Waals surface area contributed by atoms with Crippen LogP contribution >= 0.6 is 0 Å². The fourth-order valence-corrected chi connectivity index (χ4v) is 2.92. The standard InChI is InChI=1S/C23H18FN3O/c1-16-7-9-17(10-8-16)22-15-21(26-27(22)20-5-3-2-4-6-20)23(28)25-19-13-11-18(24)12-14-19/h2-15H,1H3,(H,25,28). The van der Waals surface area contributed by atoms with Crippen LogP contribution in [0.2, 0.25) is 0 Å². The maximum atomic E-state index is 13.1. The number of carbonyl (C=O) groups is 1. The highest BCUT2D eigenvalue weighted by atomic mass is 19.1. The van der Waals surface area contributed by atoms with E-state index in [2.05, 4.69) is 10.4 Å². The van der Waals surface area contributed by atoms with Gasteiger partial charge in [0.2, 0.25) is 0 Å². The van der Waals surface area contributed by atoms with Crippen molar-refractivity contribution in [3.8, 4) is 16.9 Å². The van der Waals surface area contributed by atoms with Crippen LogP contribution in [0.5, 0.6) is 0 Å². The van der Waals surface area contributed by atoms with E-state index >= 15 is 0 Å². The maximum absolute atomic E-state index is 13.1. The number of rotatable bonds is 4. The van der Waals surface area contributed by atoms with Crippen LogP contribution in [-0.4, -0.2) is 15.7 Å². The highest BCUT2D eigenvalue weighted by Crippen LogP contribution is 2.25. The molecule has 0 bridgehead atoms. The number of benzene rings is 3. The van der Waals surface area contributed by atoms with Gasteiger partial charge in [-0.15, -0.1) is 0 Å². The molecule has 0 fully saturated rings. The molecular formula is C23H18FN3O. The normalized spacial score (nSPS) is 10.6. The van der Waals surface area contributed by atoms with Crippen LogP contribution in [0.1, 0.15) is 16.1 Å². The van der Waals surface area contributed by atoms with Gasteiger partial charge in [0.1, 0.15) is 5.82 Å². The van der Waals surface area contributed by atoms with Gasteiger partial charge in [0.25, 0.3) is 5.91 Å². The van der Waals surface area contributed by atoms with Gasteiger partial charge in [0.05, 0.1) is 11.4 Å². The Morgan fingerprint density at radius 1 is 0.929 bits per heavy atom. The molecule has 1 amide bonds. The predicted octanol–water partition coefficient (Wildman–Crippen LogP) is 5.24. The van der Waals surface area contributed by atoms with Gasteiger partial charge in [-0.3, -0.25) is 4.79 Å². The molecule has 0 spiro atoms. The maximum Gasteiger partial charge on any atom is 0.276 e. The third kappa shape index (κ3) is 3.69. The van der Waals surface area contributed by atoms with Crippen molar-refractivity contribution in [1.82, 2.24) is 9.78 Å². The number of nitrogens with zero attached hydrogens (tertiary/aromatic N) is 2. The Bertz CT molecular complexity index is 1100. The summed E-state index contributed by atoms with van der Waals surface area (Å²) in [6.45, 7) is 2.03. The number of para-hydroxylation sites is 1. The number of aromatic nitrogens is 2. The SMILES string of the molecule is Cc1ccc(-c2cc(C(=O)Nc3ccc(F)cc3)nn2-c2ccccc2)cc1. The van der Waals surface area contributed by atoms with E-state index in [1.54, 1.807) is 10.7 Å². The van der Waals surface area contributed by atoms with E-state index in [9.17, 15) is 9.18 Å². The molecule has 1 N–H and O–H groups in total. The van der Waals surface area contributed by atoms with Crippen LogP contribution in [-0.2, 0) is 0 Å². The van der Waals surface area contributed by atoms with E-state index in [1.165, 1.54) is 24.3 Å². The summed E-state index contributed by atoms with van der Waals surface area (Å²) in [5.41, 5.74) is 4.59. The average Bonchev–Trinajstić information content (AvgIpc) is 3.16. The molecule has 4 rings (SSSR count). The number of carbonyl (C=O) groups excluding carboxylic acids is 1. The zero-order valence-corrected chi connectivity index (χ0v) is 15.3. The largest absolute Gasteiger partial charge is 0.321 e. The summed E-state index contributed by atoms with van der Waals surface area (Å²) < 4.78 is 14.8. The molecular weight excluding hydrogens is 353 g/mol. The van der Waals surface area contributed by atoms with E-state index in [0.717, 1.165) is 22.5 Å². The van der Waals surface area contributed by atoms with Crippen molar-refractivity contribution >= 4 is 11.6 Å². The Morgan fingerprint density at radius 3 is 2.29 bits per heavy atom. The summed E-state index contributed by atoms with van der Waals surface area (Å²) in [4.78, 5) is 12.7. The minimum atomic E-state index is -0.354. The molecule has 0 aliphatic rings. The molecule has 4 nitrogen and oxygen atoms in total. The first-order chi connectivity index (χ1) is 13.6. The van der Waals surface area contributed by atoms with Crippen LogP contribution < -0.4 is 5.32 Å². The van der Waals surface area contributed by atoms with Crippen molar-refractivity contribution in [1.29, 1.82) is 0 Å². The number of aryl methyl sites for hydroxylation is 1. The first-order valence-corrected chi connectivity index (χ1v) is 8.89. The zero-order valence-electron chi connectivity index (χ0n) is 15.3. The Morgan fingerprint density at radius 2 is 1.61 bits per heavy atom. The Kier molecular flexibility index (Phi) is 4.72. The first kappa shape index (κ1) is 17.7. The van der Waals surface area contributed by atoms with E-state index in [1.807, 2.05) is 61.5 Å². The van der Waals surface area contributed by atoms with Crippen molar-refractivity contribution in [2.45, 2.75) is 6.92 Å². The third-order valence-corrected chi connectivity index (χ3v) is 4.39. The van der Waals surface area contributed by atoms with Gasteiger partial charge >= 0.3 is 0 Å². The number of anilines is 1. The van der Waals surface area contributed by atoms with Gasteiger partial charge in [0, 0.05) is 11.3 Å². The Hall–Kier alpha value is -3.73. The van der Waals surface area contributed by atoms with Gasteiger partial charge < -0.3 is 5.32 Å². The van der Waals surface area contributed by atoms with Crippen molar-refractivity contribution < 1.29 is 9.18 Å². The summed E-state index contributed by atoms with van der Waals surface area (Å²) in [7, 11) is 0. The minimum absolute atomic E-state index is 0.281. The lowest BCUT2D eigenvalue weighted by Crippen LogP contribution is -2.13. The first-order valence-electron chi connectivity index (χ1n) is 8.89. The van der Waals surface area contributed by atoms with Crippen LogP contribution in [0.15, 0.2) is 84.9 Å². The lowest BCUT2D eigenvalue weighted by Gasteiger charge is -2.07. The summed E-state index contributed by atoms with van der Waals surface area (Å²) >= 11 is 0. The summed E-state index contributed by atoms with van der Waals surface area (Å²) in [5.74, 6) is -0.706. The summed E-state index contributed by atoms with van der Waals surface area (Å²) in [5, 5.41) is 7.28. The number of nitrogens with one attached hydrogen (secondary N) is 1. The monoisotopic (exact) mass is 371 g/mol. The molecule has 0 aliphatic heterocycles. The lowest BCUT2D eigenvalue weighted by molar-refractivity contribution is 0.102. The molecule has 0 saturated heterocycles. The molecule has 138 valence electrons. The van der Waals surface area contributed by atoms with Crippen LogP contribution in [0.25, 0.3) is 16.9 Å². The molecule has 5 heteroatoms. The highest BCUT2D eigenvalue weighted by molar-refractivity contribution is 6.03. The number of halogens is 1. The fraction of sp³-hybridized carbons (Fsp3) is 0.0435. The zero-order chi connectivity index (χ0) is 19.5. The van der Waals surface area contributed by atoms with E-state index in [-0.39, 0.29) is 17.4 Å². The molecule has 4 aromatic rings. The van der Waals surface area contributed by atoms with E-state index in [4.69, 9.17) is 0 Å². The smallest absolute Gasteiger partial charge is 0.276 e.